The molecule has 0 aromatic carbocycles. The molecule has 0 N–H and O–H groups in total. The first kappa shape index (κ1) is 11.2. The number of allylic oxidation sites excluding steroid dienone is 1. The summed E-state index contributed by atoms with van der Waals surface area (Å²) in [5.74, 6) is -0.106. The Kier molecular flexibility index (Phi) is 6.44. The van der Waals surface area contributed by atoms with Crippen LogP contribution in [0.5, 0.6) is 0 Å². The Morgan fingerprint density at radius 1 is 1.42 bits per heavy atom. The molecule has 0 bridgehead atoms. The van der Waals surface area contributed by atoms with Gasteiger partial charge in [-0.05, 0) is 26.2 Å². The third-order valence-electron chi connectivity index (χ3n) is 1.55. The number of rotatable bonds is 6. The summed E-state index contributed by atoms with van der Waals surface area (Å²) in [4.78, 5) is 10.7. The number of carbonyl (C=O) groups is 1. The van der Waals surface area contributed by atoms with Crippen molar-refractivity contribution in [2.45, 2.75) is 39.5 Å². The van der Waals surface area contributed by atoms with Crippen LogP contribution >= 0.6 is 0 Å². The van der Waals surface area contributed by atoms with Crippen molar-refractivity contribution in [3.63, 3.8) is 0 Å². The van der Waals surface area contributed by atoms with Crippen LogP contribution in [-0.4, -0.2) is 12.6 Å². The second kappa shape index (κ2) is 6.89. The Hall–Kier alpha value is -0.790. The summed E-state index contributed by atoms with van der Waals surface area (Å²) in [7, 11) is 0. The predicted octanol–water partition coefficient (Wildman–Crippen LogP) is 2.69. The molecule has 0 fully saturated rings. The van der Waals surface area contributed by atoms with Gasteiger partial charge in [0, 0.05) is 6.42 Å². The van der Waals surface area contributed by atoms with Crippen molar-refractivity contribution < 1.29 is 9.53 Å². The van der Waals surface area contributed by atoms with Crippen LogP contribution < -0.4 is 0 Å². The van der Waals surface area contributed by atoms with Gasteiger partial charge in [0.1, 0.15) is 0 Å². The second-order valence-corrected chi connectivity index (χ2v) is 2.99. The van der Waals surface area contributed by atoms with E-state index < -0.39 is 0 Å². The summed E-state index contributed by atoms with van der Waals surface area (Å²) in [5.41, 5.74) is 1.19. The normalized spacial score (nSPS) is 9.50. The van der Waals surface area contributed by atoms with E-state index in [1.807, 2.05) is 6.92 Å². The third-order valence-corrected chi connectivity index (χ3v) is 1.55. The van der Waals surface area contributed by atoms with Gasteiger partial charge >= 0.3 is 5.97 Å². The first-order valence-corrected chi connectivity index (χ1v) is 4.46. The van der Waals surface area contributed by atoms with Crippen molar-refractivity contribution in [1.82, 2.24) is 0 Å². The summed E-state index contributed by atoms with van der Waals surface area (Å²) >= 11 is 0. The van der Waals surface area contributed by atoms with Gasteiger partial charge in [-0.2, -0.15) is 0 Å². The molecule has 0 saturated heterocycles. The zero-order chi connectivity index (χ0) is 9.40. The Labute approximate surface area is 74.6 Å². The Morgan fingerprint density at radius 2 is 2.08 bits per heavy atom. The highest BCUT2D eigenvalue weighted by Gasteiger charge is 1.96. The molecule has 2 heteroatoms. The van der Waals surface area contributed by atoms with Gasteiger partial charge < -0.3 is 4.74 Å². The molecule has 70 valence electrons. The zero-order valence-electron chi connectivity index (χ0n) is 8.06. The minimum absolute atomic E-state index is 0.106. The molecule has 0 unspecified atom stereocenters. The number of unbranched alkanes of at least 4 members (excludes halogenated alkanes) is 1. The number of carbonyl (C=O) groups excluding carboxylic acids is 1. The van der Waals surface area contributed by atoms with Crippen molar-refractivity contribution in [3.05, 3.63) is 12.2 Å². The second-order valence-electron chi connectivity index (χ2n) is 2.99. The summed E-state index contributed by atoms with van der Waals surface area (Å²) in [6.07, 6.45) is 3.51. The highest BCUT2D eigenvalue weighted by atomic mass is 16.5. The van der Waals surface area contributed by atoms with E-state index in [2.05, 4.69) is 6.58 Å². The van der Waals surface area contributed by atoms with Crippen molar-refractivity contribution in [2.75, 3.05) is 6.61 Å². The maximum atomic E-state index is 10.7. The van der Waals surface area contributed by atoms with Crippen molar-refractivity contribution in [1.29, 1.82) is 0 Å². The van der Waals surface area contributed by atoms with Crippen LogP contribution in [0.4, 0.5) is 0 Å². The van der Waals surface area contributed by atoms with E-state index in [1.54, 1.807) is 6.92 Å². The summed E-state index contributed by atoms with van der Waals surface area (Å²) in [6, 6.07) is 0. The van der Waals surface area contributed by atoms with Crippen LogP contribution in [0.2, 0.25) is 0 Å². The monoisotopic (exact) mass is 170 g/mol. The fourth-order valence-corrected chi connectivity index (χ4v) is 0.817. The van der Waals surface area contributed by atoms with E-state index in [0.29, 0.717) is 13.0 Å². The van der Waals surface area contributed by atoms with Gasteiger partial charge in [-0.3, -0.25) is 4.79 Å². The standard InChI is InChI=1S/C10H18O2/c1-4-10(11)12-8-6-5-7-9(2)3/h2,4-8H2,1,3H3. The molecule has 0 spiro atoms. The van der Waals surface area contributed by atoms with Crippen LogP contribution in [-0.2, 0) is 9.53 Å². The highest BCUT2D eigenvalue weighted by molar-refractivity contribution is 5.68. The van der Waals surface area contributed by atoms with E-state index in [4.69, 9.17) is 4.74 Å². The molecule has 0 radical (unpaired) electrons. The van der Waals surface area contributed by atoms with Gasteiger partial charge in [0.05, 0.1) is 6.61 Å². The summed E-state index contributed by atoms with van der Waals surface area (Å²) in [6.45, 7) is 8.17. The van der Waals surface area contributed by atoms with E-state index in [-0.39, 0.29) is 5.97 Å². The smallest absolute Gasteiger partial charge is 0.305 e. The minimum Gasteiger partial charge on any atom is -0.466 e. The zero-order valence-corrected chi connectivity index (χ0v) is 8.06. The lowest BCUT2D eigenvalue weighted by Crippen LogP contribution is -2.03. The summed E-state index contributed by atoms with van der Waals surface area (Å²) < 4.78 is 4.90. The molecule has 0 aliphatic rings. The Balaban J connectivity index is 3.11. The van der Waals surface area contributed by atoms with Gasteiger partial charge in [0.2, 0.25) is 0 Å². The average Bonchev–Trinajstić information content (AvgIpc) is 2.03. The van der Waals surface area contributed by atoms with E-state index in [9.17, 15) is 4.79 Å². The first-order valence-electron chi connectivity index (χ1n) is 4.46. The number of esters is 1. The van der Waals surface area contributed by atoms with Gasteiger partial charge in [0.15, 0.2) is 0 Å². The van der Waals surface area contributed by atoms with E-state index >= 15 is 0 Å². The number of hydrogen-bond donors (Lipinski definition) is 0. The van der Waals surface area contributed by atoms with E-state index in [1.165, 1.54) is 5.57 Å². The minimum atomic E-state index is -0.106. The number of ether oxygens (including phenoxy) is 1. The highest BCUT2D eigenvalue weighted by Crippen LogP contribution is 2.03. The molecule has 0 saturated carbocycles. The maximum Gasteiger partial charge on any atom is 0.305 e. The molecule has 0 aliphatic carbocycles. The van der Waals surface area contributed by atoms with Crippen LogP contribution in [0.15, 0.2) is 12.2 Å². The fourth-order valence-electron chi connectivity index (χ4n) is 0.817. The maximum absolute atomic E-state index is 10.7. The molecular formula is C10H18O2. The first-order chi connectivity index (χ1) is 5.66. The molecule has 0 amide bonds. The average molecular weight is 170 g/mol. The van der Waals surface area contributed by atoms with E-state index in [0.717, 1.165) is 19.3 Å². The predicted molar refractivity (Wildman–Crippen MR) is 49.9 cm³/mol. The van der Waals surface area contributed by atoms with Gasteiger partial charge in [-0.15, -0.1) is 6.58 Å². The molecule has 12 heavy (non-hydrogen) atoms. The lowest BCUT2D eigenvalue weighted by atomic mass is 10.1. The van der Waals surface area contributed by atoms with Crippen molar-refractivity contribution >= 4 is 5.97 Å². The van der Waals surface area contributed by atoms with Crippen LogP contribution in [0.1, 0.15) is 39.5 Å². The van der Waals surface area contributed by atoms with Crippen molar-refractivity contribution in [2.24, 2.45) is 0 Å². The summed E-state index contributed by atoms with van der Waals surface area (Å²) in [5, 5.41) is 0. The molecule has 0 aromatic rings. The molecule has 0 heterocycles. The SMILES string of the molecule is C=C(C)CCCCOC(=O)CC. The third kappa shape index (κ3) is 7.32. The largest absolute Gasteiger partial charge is 0.466 e. The van der Waals surface area contributed by atoms with Crippen molar-refractivity contribution in [3.8, 4) is 0 Å². The number of hydrogen-bond acceptors (Lipinski definition) is 2. The molecule has 0 aliphatic heterocycles. The Morgan fingerprint density at radius 3 is 2.58 bits per heavy atom. The van der Waals surface area contributed by atoms with Crippen LogP contribution in [0.25, 0.3) is 0 Å². The van der Waals surface area contributed by atoms with Crippen LogP contribution in [0.3, 0.4) is 0 Å². The van der Waals surface area contributed by atoms with Crippen LogP contribution in [0, 0.1) is 0 Å². The van der Waals surface area contributed by atoms with Gasteiger partial charge in [-0.1, -0.05) is 12.5 Å². The molecular weight excluding hydrogens is 152 g/mol. The Bertz CT molecular complexity index is 150. The fraction of sp³-hybridized carbons (Fsp3) is 0.700. The quantitative estimate of drug-likeness (QED) is 0.348. The molecule has 0 atom stereocenters. The lowest BCUT2D eigenvalue weighted by Gasteiger charge is -2.02. The molecule has 0 rings (SSSR count). The van der Waals surface area contributed by atoms with Gasteiger partial charge in [-0.25, -0.2) is 0 Å². The molecule has 2 nitrogen and oxygen atoms in total. The molecule has 0 aromatic heterocycles. The lowest BCUT2D eigenvalue weighted by molar-refractivity contribution is -0.143. The van der Waals surface area contributed by atoms with Gasteiger partial charge in [0.25, 0.3) is 0 Å². The topological polar surface area (TPSA) is 26.3 Å².